The second-order valence-electron chi connectivity index (χ2n) is 7.16. The summed E-state index contributed by atoms with van der Waals surface area (Å²) in [5.74, 6) is 1.83. The van der Waals surface area contributed by atoms with Crippen LogP contribution in [0.25, 0.3) is 10.2 Å². The van der Waals surface area contributed by atoms with Crippen molar-refractivity contribution in [1.82, 2.24) is 15.3 Å². The first-order valence-electron chi connectivity index (χ1n) is 9.93. The number of rotatable bonds is 8. The summed E-state index contributed by atoms with van der Waals surface area (Å²) >= 11 is 2.98. The van der Waals surface area contributed by atoms with Gasteiger partial charge in [-0.1, -0.05) is 12.1 Å². The number of thiophene rings is 1. The summed E-state index contributed by atoms with van der Waals surface area (Å²) in [7, 11) is 0. The van der Waals surface area contributed by atoms with Crippen LogP contribution in [-0.2, 0) is 10.5 Å². The van der Waals surface area contributed by atoms with Crippen LogP contribution >= 0.6 is 23.1 Å². The van der Waals surface area contributed by atoms with Gasteiger partial charge in [0.2, 0.25) is 5.91 Å². The van der Waals surface area contributed by atoms with E-state index in [0.29, 0.717) is 23.6 Å². The number of aromatic nitrogens is 2. The van der Waals surface area contributed by atoms with E-state index in [4.69, 9.17) is 4.74 Å². The van der Waals surface area contributed by atoms with Crippen molar-refractivity contribution in [2.45, 2.75) is 51.7 Å². The lowest BCUT2D eigenvalue weighted by Gasteiger charge is -2.18. The molecule has 2 aromatic heterocycles. The number of fused-ring (bicyclic) bond motifs is 1. The number of aryl methyl sites for hydroxylation is 2. The van der Waals surface area contributed by atoms with Gasteiger partial charge >= 0.3 is 0 Å². The fraction of sp³-hybridized carbons (Fsp3) is 0.409. The van der Waals surface area contributed by atoms with Crippen LogP contribution in [0.5, 0.6) is 5.75 Å². The number of thioether (sulfide) groups is 1. The molecule has 1 amide bonds. The molecular formula is C22H27N3O3S2. The number of H-pyrrole nitrogens is 1. The predicted octanol–water partition coefficient (Wildman–Crippen LogP) is 4.50. The Morgan fingerprint density at radius 2 is 1.97 bits per heavy atom. The van der Waals surface area contributed by atoms with Gasteiger partial charge in [0.05, 0.1) is 29.0 Å². The molecule has 6 nitrogen and oxygen atoms in total. The summed E-state index contributed by atoms with van der Waals surface area (Å²) in [6, 6.07) is 7.63. The molecular weight excluding hydrogens is 418 g/mol. The number of aromatic amines is 1. The number of amides is 1. The van der Waals surface area contributed by atoms with E-state index in [9.17, 15) is 9.59 Å². The molecule has 0 radical (unpaired) electrons. The highest BCUT2D eigenvalue weighted by Crippen LogP contribution is 2.26. The Hall–Kier alpha value is -2.32. The Morgan fingerprint density at radius 3 is 2.63 bits per heavy atom. The molecule has 2 unspecified atom stereocenters. The van der Waals surface area contributed by atoms with E-state index in [1.54, 1.807) is 0 Å². The van der Waals surface area contributed by atoms with Crippen molar-refractivity contribution in [1.29, 1.82) is 0 Å². The molecule has 1 aromatic carbocycles. The minimum Gasteiger partial charge on any atom is -0.494 e. The summed E-state index contributed by atoms with van der Waals surface area (Å²) < 4.78 is 5.46. The molecule has 3 rings (SSSR count). The van der Waals surface area contributed by atoms with E-state index in [-0.39, 0.29) is 22.8 Å². The molecule has 30 heavy (non-hydrogen) atoms. The molecule has 2 heterocycles. The Bertz CT molecular complexity index is 1090. The van der Waals surface area contributed by atoms with Crippen LogP contribution in [0.1, 0.15) is 48.6 Å². The number of hydrogen-bond acceptors (Lipinski definition) is 6. The Kier molecular flexibility index (Phi) is 7.20. The lowest BCUT2D eigenvalue weighted by Crippen LogP contribution is -2.33. The van der Waals surface area contributed by atoms with E-state index >= 15 is 0 Å². The third-order valence-electron chi connectivity index (χ3n) is 4.98. The number of carbonyl (C=O) groups is 1. The van der Waals surface area contributed by atoms with Crippen molar-refractivity contribution >= 4 is 39.2 Å². The van der Waals surface area contributed by atoms with Crippen LogP contribution in [0.2, 0.25) is 0 Å². The van der Waals surface area contributed by atoms with Crippen LogP contribution in [0.15, 0.2) is 29.1 Å². The van der Waals surface area contributed by atoms with E-state index in [1.807, 2.05) is 58.9 Å². The van der Waals surface area contributed by atoms with Gasteiger partial charge in [-0.3, -0.25) is 9.59 Å². The Balaban J connectivity index is 1.59. The first-order chi connectivity index (χ1) is 14.3. The molecule has 0 aliphatic rings. The molecule has 160 valence electrons. The number of nitrogens with zero attached hydrogens (tertiary/aromatic N) is 1. The van der Waals surface area contributed by atoms with Crippen molar-refractivity contribution in [3.8, 4) is 5.75 Å². The first kappa shape index (κ1) is 22.4. The molecule has 0 saturated heterocycles. The first-order valence-corrected chi connectivity index (χ1v) is 11.8. The highest BCUT2D eigenvalue weighted by molar-refractivity contribution is 7.99. The third-order valence-corrected chi connectivity index (χ3v) is 7.23. The van der Waals surface area contributed by atoms with Gasteiger partial charge in [-0.15, -0.1) is 23.1 Å². The fourth-order valence-electron chi connectivity index (χ4n) is 3.08. The lowest BCUT2D eigenvalue weighted by molar-refractivity contribution is -0.120. The highest BCUT2D eigenvalue weighted by atomic mass is 32.2. The molecule has 2 atom stereocenters. The normalized spacial score (nSPS) is 13.2. The van der Waals surface area contributed by atoms with E-state index in [0.717, 1.165) is 26.6 Å². The van der Waals surface area contributed by atoms with E-state index in [1.165, 1.54) is 23.1 Å². The molecule has 3 aromatic rings. The van der Waals surface area contributed by atoms with E-state index < -0.39 is 0 Å². The van der Waals surface area contributed by atoms with Crippen LogP contribution in [0.3, 0.4) is 0 Å². The zero-order valence-corrected chi connectivity index (χ0v) is 19.5. The average Bonchev–Trinajstić information content (AvgIpc) is 3.00. The number of benzene rings is 1. The summed E-state index contributed by atoms with van der Waals surface area (Å²) in [6.07, 6.45) is 0. The van der Waals surface area contributed by atoms with Gasteiger partial charge in [0.25, 0.3) is 5.56 Å². The Morgan fingerprint density at radius 1 is 1.27 bits per heavy atom. The van der Waals surface area contributed by atoms with Crippen LogP contribution in [0, 0.1) is 13.8 Å². The van der Waals surface area contributed by atoms with Gasteiger partial charge in [0, 0.05) is 4.88 Å². The molecule has 0 saturated carbocycles. The van der Waals surface area contributed by atoms with Crippen molar-refractivity contribution in [2.24, 2.45) is 0 Å². The topological polar surface area (TPSA) is 84.1 Å². The smallest absolute Gasteiger partial charge is 0.259 e. The van der Waals surface area contributed by atoms with Gasteiger partial charge in [0.1, 0.15) is 16.4 Å². The van der Waals surface area contributed by atoms with Gasteiger partial charge in [-0.05, 0) is 57.9 Å². The third kappa shape index (κ3) is 5.05. The van der Waals surface area contributed by atoms with Crippen LogP contribution in [0.4, 0.5) is 0 Å². The largest absolute Gasteiger partial charge is 0.494 e. The molecule has 0 bridgehead atoms. The zero-order chi connectivity index (χ0) is 21.8. The van der Waals surface area contributed by atoms with E-state index in [2.05, 4.69) is 15.3 Å². The number of ether oxygens (including phenoxy) is 1. The maximum atomic E-state index is 12.6. The lowest BCUT2D eigenvalue weighted by atomic mass is 10.1. The second-order valence-corrected chi connectivity index (χ2v) is 9.69. The number of carbonyl (C=O) groups excluding carboxylic acids is 1. The highest BCUT2D eigenvalue weighted by Gasteiger charge is 2.18. The Labute approximate surface area is 184 Å². The summed E-state index contributed by atoms with van der Waals surface area (Å²) in [6.45, 7) is 10.3. The maximum absolute atomic E-state index is 12.6. The van der Waals surface area contributed by atoms with Gasteiger partial charge in [-0.2, -0.15) is 0 Å². The molecule has 0 aliphatic carbocycles. The monoisotopic (exact) mass is 445 g/mol. The maximum Gasteiger partial charge on any atom is 0.259 e. The minimum absolute atomic E-state index is 0.0485. The van der Waals surface area contributed by atoms with Crippen molar-refractivity contribution < 1.29 is 9.53 Å². The SMILES string of the molecule is CCOc1ccc(C(C)NC(=O)C(C)SCc2nc3sc(C)c(C)c3c(=O)[nH]2)cc1. The number of hydrogen-bond donors (Lipinski definition) is 2. The molecule has 8 heteroatoms. The van der Waals surface area contributed by atoms with Gasteiger partial charge < -0.3 is 15.0 Å². The van der Waals surface area contributed by atoms with Gasteiger partial charge in [0.15, 0.2) is 0 Å². The molecule has 0 spiro atoms. The fourth-order valence-corrected chi connectivity index (χ4v) is 4.89. The molecule has 0 fully saturated rings. The van der Waals surface area contributed by atoms with Gasteiger partial charge in [-0.25, -0.2) is 4.98 Å². The van der Waals surface area contributed by atoms with Crippen LogP contribution in [-0.4, -0.2) is 27.7 Å². The number of nitrogens with one attached hydrogen (secondary N) is 2. The summed E-state index contributed by atoms with van der Waals surface area (Å²) in [4.78, 5) is 34.3. The standard InChI is InChI=1S/C22H27N3O3S2/c1-6-28-17-9-7-16(8-10-17)13(3)23-20(26)15(5)29-11-18-24-21(27)19-12(2)14(4)30-22(19)25-18/h7-10,13,15H,6,11H2,1-5H3,(H,23,26)(H,24,25,27). The summed E-state index contributed by atoms with van der Waals surface area (Å²) in [5.41, 5.74) is 1.89. The zero-order valence-electron chi connectivity index (χ0n) is 17.9. The minimum atomic E-state index is -0.275. The predicted molar refractivity (Wildman–Crippen MR) is 125 cm³/mol. The molecule has 2 N–H and O–H groups in total. The van der Waals surface area contributed by atoms with Crippen molar-refractivity contribution in [3.05, 3.63) is 56.4 Å². The van der Waals surface area contributed by atoms with Crippen molar-refractivity contribution in [2.75, 3.05) is 6.61 Å². The summed E-state index contributed by atoms with van der Waals surface area (Å²) in [5, 5.41) is 3.44. The molecule has 0 aliphatic heterocycles. The van der Waals surface area contributed by atoms with Crippen molar-refractivity contribution in [3.63, 3.8) is 0 Å². The second kappa shape index (κ2) is 9.66. The average molecular weight is 446 g/mol. The quantitative estimate of drug-likeness (QED) is 0.533. The van der Waals surface area contributed by atoms with Crippen LogP contribution < -0.4 is 15.6 Å².